The lowest BCUT2D eigenvalue weighted by atomic mass is 10.1. The summed E-state index contributed by atoms with van der Waals surface area (Å²) in [6, 6.07) is 15.1. The molecule has 2 aromatic carbocycles. The molecular weight excluding hydrogens is 401 g/mol. The Morgan fingerprint density at radius 2 is 1.35 bits per heavy atom. The number of aromatic nitrogens is 2. The molecule has 0 spiro atoms. The van der Waals surface area contributed by atoms with Crippen molar-refractivity contribution in [1.82, 2.24) is 9.97 Å². The SMILES string of the molecule is CCCCc1ccc(Nc2nc(Nc3ccc(CCC)cc3)ncc2C(F)(F)F)cc1. The van der Waals surface area contributed by atoms with Crippen LogP contribution in [0.3, 0.4) is 0 Å². The molecule has 0 amide bonds. The van der Waals surface area contributed by atoms with Crippen LogP contribution in [0, 0.1) is 0 Å². The van der Waals surface area contributed by atoms with E-state index in [0.717, 1.165) is 43.9 Å². The van der Waals surface area contributed by atoms with Gasteiger partial charge in [0.1, 0.15) is 11.4 Å². The van der Waals surface area contributed by atoms with Crippen LogP contribution >= 0.6 is 0 Å². The summed E-state index contributed by atoms with van der Waals surface area (Å²) in [6.45, 7) is 4.23. The Balaban J connectivity index is 1.81. The summed E-state index contributed by atoms with van der Waals surface area (Å²) >= 11 is 0. The molecule has 0 fully saturated rings. The highest BCUT2D eigenvalue weighted by Gasteiger charge is 2.35. The van der Waals surface area contributed by atoms with E-state index in [-0.39, 0.29) is 11.8 Å². The van der Waals surface area contributed by atoms with Crippen molar-refractivity contribution < 1.29 is 13.2 Å². The quantitative estimate of drug-likeness (QED) is 0.376. The maximum Gasteiger partial charge on any atom is 0.421 e. The van der Waals surface area contributed by atoms with Crippen LogP contribution in [0.1, 0.15) is 49.8 Å². The van der Waals surface area contributed by atoms with Gasteiger partial charge in [-0.1, -0.05) is 51.0 Å². The van der Waals surface area contributed by atoms with Gasteiger partial charge in [0.05, 0.1) is 0 Å². The van der Waals surface area contributed by atoms with Gasteiger partial charge < -0.3 is 10.6 Å². The molecule has 1 heterocycles. The molecule has 7 heteroatoms. The molecule has 0 saturated carbocycles. The third kappa shape index (κ3) is 6.44. The molecule has 0 unspecified atom stereocenters. The molecule has 0 bridgehead atoms. The molecule has 0 aliphatic rings. The number of hydrogen-bond donors (Lipinski definition) is 2. The third-order valence-electron chi connectivity index (χ3n) is 4.88. The van der Waals surface area contributed by atoms with Crippen LogP contribution in [0.5, 0.6) is 0 Å². The highest BCUT2D eigenvalue weighted by Crippen LogP contribution is 2.35. The summed E-state index contributed by atoms with van der Waals surface area (Å²) < 4.78 is 40.5. The van der Waals surface area contributed by atoms with Gasteiger partial charge in [-0.2, -0.15) is 18.2 Å². The second-order valence-electron chi connectivity index (χ2n) is 7.45. The number of anilines is 4. The monoisotopic (exact) mass is 428 g/mol. The Morgan fingerprint density at radius 3 is 1.90 bits per heavy atom. The summed E-state index contributed by atoms with van der Waals surface area (Å²) in [5, 5.41) is 5.78. The minimum atomic E-state index is -4.57. The number of nitrogens with zero attached hydrogens (tertiary/aromatic N) is 2. The molecule has 31 heavy (non-hydrogen) atoms. The molecule has 0 saturated heterocycles. The van der Waals surface area contributed by atoms with Crippen molar-refractivity contribution >= 4 is 23.1 Å². The molecule has 1 aromatic heterocycles. The summed E-state index contributed by atoms with van der Waals surface area (Å²) in [4.78, 5) is 7.97. The van der Waals surface area contributed by atoms with E-state index < -0.39 is 11.7 Å². The number of rotatable bonds is 9. The average Bonchev–Trinajstić information content (AvgIpc) is 2.74. The summed E-state index contributed by atoms with van der Waals surface area (Å²) in [6.07, 6.45) is 1.37. The number of alkyl halides is 3. The first-order valence-electron chi connectivity index (χ1n) is 10.5. The van der Waals surface area contributed by atoms with Crippen molar-refractivity contribution in [1.29, 1.82) is 0 Å². The van der Waals surface area contributed by atoms with Gasteiger partial charge in [-0.3, -0.25) is 0 Å². The number of nitrogens with one attached hydrogen (secondary N) is 2. The molecule has 2 N–H and O–H groups in total. The average molecular weight is 429 g/mol. The van der Waals surface area contributed by atoms with E-state index >= 15 is 0 Å². The fourth-order valence-corrected chi connectivity index (χ4v) is 3.19. The number of halogens is 3. The molecular formula is C24H27F3N4. The largest absolute Gasteiger partial charge is 0.421 e. The van der Waals surface area contributed by atoms with Crippen LogP contribution in [0.25, 0.3) is 0 Å². The van der Waals surface area contributed by atoms with Crippen LogP contribution in [0.4, 0.5) is 36.3 Å². The van der Waals surface area contributed by atoms with Gasteiger partial charge in [-0.05, 0) is 54.7 Å². The lowest BCUT2D eigenvalue weighted by Crippen LogP contribution is -2.12. The summed E-state index contributed by atoms with van der Waals surface area (Å²) in [5.74, 6) is -0.188. The molecule has 0 atom stereocenters. The minimum absolute atomic E-state index is 0.0957. The van der Waals surface area contributed by atoms with E-state index in [1.54, 1.807) is 12.1 Å². The van der Waals surface area contributed by atoms with Gasteiger partial charge in [0.25, 0.3) is 0 Å². The van der Waals surface area contributed by atoms with E-state index in [9.17, 15) is 13.2 Å². The molecule has 0 aliphatic heterocycles. The van der Waals surface area contributed by atoms with E-state index in [1.165, 1.54) is 5.56 Å². The van der Waals surface area contributed by atoms with Crippen LogP contribution in [0.2, 0.25) is 0 Å². The smallest absolute Gasteiger partial charge is 0.340 e. The second-order valence-corrected chi connectivity index (χ2v) is 7.45. The highest BCUT2D eigenvalue weighted by atomic mass is 19.4. The fraction of sp³-hybridized carbons (Fsp3) is 0.333. The van der Waals surface area contributed by atoms with E-state index in [4.69, 9.17) is 0 Å². The zero-order chi connectivity index (χ0) is 22.3. The maximum atomic E-state index is 13.5. The molecule has 4 nitrogen and oxygen atoms in total. The van der Waals surface area contributed by atoms with Crippen molar-refractivity contribution in [2.45, 2.75) is 52.1 Å². The number of hydrogen-bond acceptors (Lipinski definition) is 4. The van der Waals surface area contributed by atoms with Crippen LogP contribution in [-0.2, 0) is 19.0 Å². The molecule has 3 rings (SSSR count). The molecule has 0 radical (unpaired) electrons. The molecule has 0 aliphatic carbocycles. The van der Waals surface area contributed by atoms with Gasteiger partial charge in [0.2, 0.25) is 5.95 Å². The maximum absolute atomic E-state index is 13.5. The van der Waals surface area contributed by atoms with Crippen molar-refractivity contribution in [3.05, 3.63) is 71.4 Å². The number of unbranched alkanes of at least 4 members (excludes halogenated alkanes) is 1. The topological polar surface area (TPSA) is 49.8 Å². The Morgan fingerprint density at radius 1 is 0.774 bits per heavy atom. The zero-order valence-corrected chi connectivity index (χ0v) is 17.8. The van der Waals surface area contributed by atoms with E-state index in [2.05, 4.69) is 34.4 Å². The molecule has 164 valence electrons. The highest BCUT2D eigenvalue weighted by molar-refractivity contribution is 5.63. The predicted molar refractivity (Wildman–Crippen MR) is 119 cm³/mol. The Labute approximate surface area is 181 Å². The molecule has 3 aromatic rings. The van der Waals surface area contributed by atoms with Gasteiger partial charge in [0, 0.05) is 17.6 Å². The minimum Gasteiger partial charge on any atom is -0.340 e. The Hall–Kier alpha value is -3.09. The lowest BCUT2D eigenvalue weighted by Gasteiger charge is -2.15. The van der Waals surface area contributed by atoms with Crippen molar-refractivity contribution in [3.63, 3.8) is 0 Å². The van der Waals surface area contributed by atoms with Crippen LogP contribution < -0.4 is 10.6 Å². The first kappa shape index (κ1) is 22.6. The second kappa shape index (κ2) is 10.3. The van der Waals surface area contributed by atoms with E-state index in [0.29, 0.717) is 11.4 Å². The van der Waals surface area contributed by atoms with Gasteiger partial charge >= 0.3 is 6.18 Å². The summed E-state index contributed by atoms with van der Waals surface area (Å²) in [5.41, 5.74) is 2.70. The standard InChI is InChI=1S/C24H27F3N4/c1-3-5-7-18-10-12-19(13-11-18)29-22-21(24(25,26)27)16-28-23(31-22)30-20-14-8-17(6-4-2)9-15-20/h8-16H,3-7H2,1-2H3,(H2,28,29,30,31). The van der Waals surface area contributed by atoms with E-state index in [1.807, 2.05) is 36.4 Å². The third-order valence-corrected chi connectivity index (χ3v) is 4.88. The predicted octanol–water partition coefficient (Wildman–Crippen LogP) is 7.28. The van der Waals surface area contributed by atoms with Gasteiger partial charge in [0.15, 0.2) is 0 Å². The number of aryl methyl sites for hydroxylation is 2. The van der Waals surface area contributed by atoms with Crippen molar-refractivity contribution in [3.8, 4) is 0 Å². The van der Waals surface area contributed by atoms with Crippen LogP contribution in [-0.4, -0.2) is 9.97 Å². The Bertz CT molecular complexity index is 968. The zero-order valence-electron chi connectivity index (χ0n) is 17.8. The first-order chi connectivity index (χ1) is 14.9. The van der Waals surface area contributed by atoms with Crippen molar-refractivity contribution in [2.24, 2.45) is 0 Å². The lowest BCUT2D eigenvalue weighted by molar-refractivity contribution is -0.137. The van der Waals surface area contributed by atoms with Crippen LogP contribution in [0.15, 0.2) is 54.7 Å². The number of benzene rings is 2. The van der Waals surface area contributed by atoms with Crippen molar-refractivity contribution in [2.75, 3.05) is 10.6 Å². The fourth-order valence-electron chi connectivity index (χ4n) is 3.19. The summed E-state index contributed by atoms with van der Waals surface area (Å²) in [7, 11) is 0. The Kier molecular flexibility index (Phi) is 7.50. The first-order valence-corrected chi connectivity index (χ1v) is 10.5. The van der Waals surface area contributed by atoms with Gasteiger partial charge in [-0.25, -0.2) is 4.98 Å². The van der Waals surface area contributed by atoms with Gasteiger partial charge in [-0.15, -0.1) is 0 Å². The normalized spacial score (nSPS) is 11.4.